The molecule has 11 heteroatoms. The van der Waals surface area contributed by atoms with Crippen LogP contribution in [0.1, 0.15) is 142 Å². The first-order valence-electron chi connectivity index (χ1n) is 20.7. The Morgan fingerprint density at radius 1 is 0.600 bits per heavy atom. The second-order valence-electron chi connectivity index (χ2n) is 14.8. The lowest BCUT2D eigenvalue weighted by Gasteiger charge is -2.34. The monoisotopic (exact) mass is 754 g/mol. The summed E-state index contributed by atoms with van der Waals surface area (Å²) in [5, 5.41) is 6.32. The standard InChI is InChI=1S/C23H35N5O.C21H32N4O/c1-7-16(8-2)29-23-21(24-6)27-20(18(9-3)26-23)17-11-12-19(15(4)5)25-22(17)28-13-10-14-28;1-8-15(9-2)26-21-20(22-7)25-19(17(10-3)24-21)16-11-12-18(13(4)5)23-14(16)6/h11-12,15-16H,7-10,13-14H2,1-6H3,(H,24,27);11-13,15H,8-10H2,1-7H3,(H,22,25). The fourth-order valence-electron chi connectivity index (χ4n) is 6.44. The molecule has 0 aliphatic carbocycles. The molecule has 0 bridgehead atoms. The Morgan fingerprint density at radius 2 is 1.04 bits per heavy atom. The summed E-state index contributed by atoms with van der Waals surface area (Å²) < 4.78 is 12.3. The number of pyridine rings is 2. The van der Waals surface area contributed by atoms with Gasteiger partial charge in [-0.2, -0.15) is 0 Å². The van der Waals surface area contributed by atoms with Gasteiger partial charge in [-0.3, -0.25) is 4.98 Å². The van der Waals surface area contributed by atoms with E-state index in [1.165, 1.54) is 6.42 Å². The van der Waals surface area contributed by atoms with E-state index in [0.717, 1.165) is 108 Å². The summed E-state index contributed by atoms with van der Waals surface area (Å²) in [7, 11) is 3.72. The van der Waals surface area contributed by atoms with Gasteiger partial charge < -0.3 is 25.0 Å². The van der Waals surface area contributed by atoms with Crippen LogP contribution in [0.4, 0.5) is 17.5 Å². The first kappa shape index (κ1) is 43.2. The molecular weight excluding hydrogens is 687 g/mol. The van der Waals surface area contributed by atoms with Gasteiger partial charge in [-0.15, -0.1) is 0 Å². The SMILES string of the molecule is CCc1nc(OC(CC)CC)c(NC)nc1-c1ccc(C(C)C)nc1C.CCc1nc(OC(CC)CC)c(NC)nc1-c1ccc(C(C)C)nc1N1CCC1. The number of aromatic nitrogens is 6. The van der Waals surface area contributed by atoms with Gasteiger partial charge in [0.1, 0.15) is 18.0 Å². The molecule has 4 aromatic rings. The van der Waals surface area contributed by atoms with Gasteiger partial charge in [0.05, 0.1) is 22.8 Å². The van der Waals surface area contributed by atoms with Crippen LogP contribution in [0.5, 0.6) is 11.8 Å². The van der Waals surface area contributed by atoms with Gasteiger partial charge in [0.2, 0.25) is 0 Å². The lowest BCUT2D eigenvalue weighted by molar-refractivity contribution is 0.185. The molecular formula is C44H67N9O2. The van der Waals surface area contributed by atoms with Crippen molar-refractivity contribution < 1.29 is 9.47 Å². The lowest BCUT2D eigenvalue weighted by Crippen LogP contribution is -2.38. The van der Waals surface area contributed by atoms with Gasteiger partial charge in [0.15, 0.2) is 11.6 Å². The number of nitrogens with one attached hydrogen (secondary N) is 2. The Kier molecular flexibility index (Phi) is 16.0. The molecule has 300 valence electrons. The van der Waals surface area contributed by atoms with Crippen LogP contribution >= 0.6 is 0 Å². The molecule has 0 atom stereocenters. The second-order valence-corrected chi connectivity index (χ2v) is 14.8. The summed E-state index contributed by atoms with van der Waals surface area (Å²) in [5.74, 6) is 4.38. The van der Waals surface area contributed by atoms with E-state index in [1.54, 1.807) is 0 Å². The highest BCUT2D eigenvalue weighted by molar-refractivity contribution is 5.77. The van der Waals surface area contributed by atoms with Crippen LogP contribution in [-0.4, -0.2) is 69.3 Å². The predicted octanol–water partition coefficient (Wildman–Crippen LogP) is 10.2. The van der Waals surface area contributed by atoms with Crippen molar-refractivity contribution in [3.63, 3.8) is 0 Å². The van der Waals surface area contributed by atoms with Crippen LogP contribution < -0.4 is 25.0 Å². The Hall–Kier alpha value is -4.54. The predicted molar refractivity (Wildman–Crippen MR) is 228 cm³/mol. The minimum absolute atomic E-state index is 0.149. The van der Waals surface area contributed by atoms with Crippen molar-refractivity contribution in [2.75, 3.05) is 42.7 Å². The fourth-order valence-corrected chi connectivity index (χ4v) is 6.44. The number of hydrogen-bond donors (Lipinski definition) is 2. The van der Waals surface area contributed by atoms with Gasteiger partial charge in [0, 0.05) is 55.4 Å². The fraction of sp³-hybridized carbons (Fsp3) is 0.591. The van der Waals surface area contributed by atoms with E-state index in [9.17, 15) is 0 Å². The molecule has 55 heavy (non-hydrogen) atoms. The molecule has 0 unspecified atom stereocenters. The van der Waals surface area contributed by atoms with Gasteiger partial charge in [0.25, 0.3) is 11.8 Å². The minimum atomic E-state index is 0.149. The first-order chi connectivity index (χ1) is 26.5. The summed E-state index contributed by atoms with van der Waals surface area (Å²) >= 11 is 0. The number of aryl methyl sites for hydroxylation is 3. The van der Waals surface area contributed by atoms with E-state index >= 15 is 0 Å². The normalized spacial score (nSPS) is 12.6. The third-order valence-corrected chi connectivity index (χ3v) is 10.2. The van der Waals surface area contributed by atoms with Crippen LogP contribution in [0.25, 0.3) is 22.5 Å². The molecule has 4 aromatic heterocycles. The highest BCUT2D eigenvalue weighted by Crippen LogP contribution is 2.37. The van der Waals surface area contributed by atoms with E-state index in [0.29, 0.717) is 35.2 Å². The average molecular weight is 754 g/mol. The van der Waals surface area contributed by atoms with Gasteiger partial charge in [-0.25, -0.2) is 24.9 Å². The summed E-state index contributed by atoms with van der Waals surface area (Å²) in [5.41, 5.74) is 8.96. The summed E-state index contributed by atoms with van der Waals surface area (Å²) in [6, 6.07) is 8.49. The zero-order valence-electron chi connectivity index (χ0n) is 35.9. The maximum absolute atomic E-state index is 6.17. The number of ether oxygens (including phenoxy) is 2. The third-order valence-electron chi connectivity index (χ3n) is 10.2. The third kappa shape index (κ3) is 10.4. The van der Waals surface area contributed by atoms with Gasteiger partial charge in [-0.1, -0.05) is 69.2 Å². The molecule has 1 aliphatic heterocycles. The zero-order chi connectivity index (χ0) is 40.2. The van der Waals surface area contributed by atoms with E-state index < -0.39 is 0 Å². The average Bonchev–Trinajstić information content (AvgIpc) is 3.17. The molecule has 5 rings (SSSR count). The number of nitrogens with zero attached hydrogens (tertiary/aromatic N) is 7. The highest BCUT2D eigenvalue weighted by Gasteiger charge is 2.25. The van der Waals surface area contributed by atoms with Gasteiger partial charge >= 0.3 is 0 Å². The van der Waals surface area contributed by atoms with Crippen LogP contribution in [-0.2, 0) is 12.8 Å². The van der Waals surface area contributed by atoms with Crippen molar-refractivity contribution in [2.45, 2.75) is 145 Å². The smallest absolute Gasteiger partial charge is 0.257 e. The van der Waals surface area contributed by atoms with Crippen LogP contribution in [0.15, 0.2) is 24.3 Å². The molecule has 5 heterocycles. The van der Waals surface area contributed by atoms with Crippen LogP contribution in [0.2, 0.25) is 0 Å². The molecule has 0 saturated carbocycles. The minimum Gasteiger partial charge on any atom is -0.472 e. The van der Waals surface area contributed by atoms with Crippen molar-refractivity contribution >= 4 is 17.5 Å². The molecule has 1 aliphatic rings. The topological polar surface area (TPSA) is 123 Å². The number of hydrogen-bond acceptors (Lipinski definition) is 11. The Balaban J connectivity index is 0.000000246. The molecule has 1 saturated heterocycles. The number of rotatable bonds is 17. The molecule has 0 amide bonds. The van der Waals surface area contributed by atoms with E-state index in [4.69, 9.17) is 39.4 Å². The molecule has 1 fully saturated rings. The van der Waals surface area contributed by atoms with E-state index in [2.05, 4.69) is 109 Å². The Labute approximate surface area is 330 Å². The molecule has 0 radical (unpaired) electrons. The Bertz CT molecular complexity index is 1830. The van der Waals surface area contributed by atoms with Crippen LogP contribution in [0.3, 0.4) is 0 Å². The maximum Gasteiger partial charge on any atom is 0.257 e. The van der Waals surface area contributed by atoms with Crippen molar-refractivity contribution in [3.8, 4) is 34.3 Å². The van der Waals surface area contributed by atoms with Crippen molar-refractivity contribution in [2.24, 2.45) is 0 Å². The highest BCUT2D eigenvalue weighted by atomic mass is 16.5. The first-order valence-corrected chi connectivity index (χ1v) is 20.7. The summed E-state index contributed by atoms with van der Waals surface area (Å²) in [4.78, 5) is 31.6. The lowest BCUT2D eigenvalue weighted by atomic mass is 10.0. The quantitative estimate of drug-likeness (QED) is 0.107. The summed E-state index contributed by atoms with van der Waals surface area (Å²) in [6.45, 7) is 25.5. The van der Waals surface area contributed by atoms with Crippen LogP contribution in [0, 0.1) is 6.92 Å². The molecule has 0 spiro atoms. The maximum atomic E-state index is 6.17. The van der Waals surface area contributed by atoms with Crippen molar-refractivity contribution in [1.29, 1.82) is 0 Å². The molecule has 11 nitrogen and oxygen atoms in total. The van der Waals surface area contributed by atoms with Gasteiger partial charge in [-0.05, 0) is 88.0 Å². The zero-order valence-corrected chi connectivity index (χ0v) is 35.9. The molecule has 0 aromatic carbocycles. The number of anilines is 3. The largest absolute Gasteiger partial charge is 0.472 e. The summed E-state index contributed by atoms with van der Waals surface area (Å²) in [6.07, 6.45) is 6.89. The molecule has 2 N–H and O–H groups in total. The van der Waals surface area contributed by atoms with E-state index in [1.807, 2.05) is 21.0 Å². The van der Waals surface area contributed by atoms with E-state index in [-0.39, 0.29) is 12.2 Å². The Morgan fingerprint density at radius 3 is 1.40 bits per heavy atom. The van der Waals surface area contributed by atoms with Crippen molar-refractivity contribution in [1.82, 2.24) is 29.9 Å². The van der Waals surface area contributed by atoms with Crippen molar-refractivity contribution in [3.05, 3.63) is 52.7 Å². The second kappa shape index (κ2) is 20.4.